The molecule has 0 atom stereocenters. The number of hydrogen-bond acceptors (Lipinski definition) is 3. The van der Waals surface area contributed by atoms with E-state index in [0.717, 1.165) is 12.8 Å². The summed E-state index contributed by atoms with van der Waals surface area (Å²) in [7, 11) is 0. The third kappa shape index (κ3) is 6.78. The van der Waals surface area contributed by atoms with Crippen LogP contribution in [-0.2, 0) is 4.79 Å². The molecule has 0 aromatic rings. The molecule has 0 aromatic carbocycles. The number of aliphatic imine (C=N–C) groups is 1. The number of rotatable bonds is 6. The topological polar surface area (TPSA) is 91.5 Å². The van der Waals surface area contributed by atoms with E-state index in [9.17, 15) is 4.79 Å². The summed E-state index contributed by atoms with van der Waals surface area (Å²) >= 11 is 0. The van der Waals surface area contributed by atoms with E-state index in [1.807, 2.05) is 0 Å². The molecule has 98 valence electrons. The van der Waals surface area contributed by atoms with Crippen molar-refractivity contribution in [3.8, 4) is 0 Å². The van der Waals surface area contributed by atoms with Crippen molar-refractivity contribution in [1.29, 1.82) is 0 Å². The average Bonchev–Trinajstić information content (AvgIpc) is 3.08. The Morgan fingerprint density at radius 3 is 2.71 bits per heavy atom. The summed E-state index contributed by atoms with van der Waals surface area (Å²) in [4.78, 5) is 15.6. The van der Waals surface area contributed by atoms with Gasteiger partial charge in [-0.2, -0.15) is 0 Å². The summed E-state index contributed by atoms with van der Waals surface area (Å²) in [5.74, 6) is 6.40. The highest BCUT2D eigenvalue weighted by Crippen LogP contribution is 2.18. The van der Waals surface area contributed by atoms with Gasteiger partial charge in [0.05, 0.1) is 6.54 Å². The van der Waals surface area contributed by atoms with Crippen molar-refractivity contribution in [2.45, 2.75) is 39.2 Å². The number of hydrazine groups is 1. The molecular weight excluding hydrogens is 218 g/mol. The Morgan fingerprint density at radius 1 is 1.47 bits per heavy atom. The molecule has 17 heavy (non-hydrogen) atoms. The van der Waals surface area contributed by atoms with Gasteiger partial charge >= 0.3 is 0 Å². The lowest BCUT2D eigenvalue weighted by Crippen LogP contribution is -2.42. The van der Waals surface area contributed by atoms with E-state index in [-0.39, 0.29) is 5.91 Å². The zero-order chi connectivity index (χ0) is 12.7. The molecule has 1 fully saturated rings. The van der Waals surface area contributed by atoms with Crippen LogP contribution in [0.1, 0.15) is 33.1 Å². The van der Waals surface area contributed by atoms with Gasteiger partial charge in [-0.3, -0.25) is 15.2 Å². The van der Waals surface area contributed by atoms with Gasteiger partial charge in [-0.15, -0.1) is 0 Å². The summed E-state index contributed by atoms with van der Waals surface area (Å²) in [6, 6.07) is 0.500. The van der Waals surface area contributed by atoms with E-state index in [4.69, 9.17) is 5.84 Å². The molecule has 1 aliphatic carbocycles. The second-order valence-electron chi connectivity index (χ2n) is 4.74. The maximum atomic E-state index is 11.4. The lowest BCUT2D eigenvalue weighted by molar-refractivity contribution is -0.121. The van der Waals surface area contributed by atoms with Gasteiger partial charge in [-0.25, -0.2) is 5.84 Å². The summed E-state index contributed by atoms with van der Waals surface area (Å²) in [5.41, 5.74) is 2.50. The van der Waals surface area contributed by atoms with Gasteiger partial charge in [0.25, 0.3) is 0 Å². The van der Waals surface area contributed by atoms with Crippen LogP contribution < -0.4 is 21.9 Å². The molecule has 0 aliphatic heterocycles. The molecule has 0 heterocycles. The maximum absolute atomic E-state index is 11.4. The number of hydrogen-bond donors (Lipinski definition) is 4. The first-order chi connectivity index (χ1) is 8.11. The van der Waals surface area contributed by atoms with Crippen molar-refractivity contribution >= 4 is 11.9 Å². The minimum absolute atomic E-state index is 0.0326. The normalized spacial score (nSPS) is 15.9. The molecule has 1 rings (SSSR count). The largest absolute Gasteiger partial charge is 0.356 e. The predicted molar refractivity (Wildman–Crippen MR) is 68.2 cm³/mol. The van der Waals surface area contributed by atoms with Crippen LogP contribution in [0, 0.1) is 5.92 Å². The van der Waals surface area contributed by atoms with Gasteiger partial charge in [-0.1, -0.05) is 13.8 Å². The van der Waals surface area contributed by atoms with Crippen LogP contribution in [0.25, 0.3) is 0 Å². The van der Waals surface area contributed by atoms with Gasteiger partial charge in [0, 0.05) is 19.0 Å². The molecule has 0 spiro atoms. The first-order valence-electron chi connectivity index (χ1n) is 6.16. The molecule has 1 aliphatic rings. The van der Waals surface area contributed by atoms with E-state index < -0.39 is 0 Å². The summed E-state index contributed by atoms with van der Waals surface area (Å²) < 4.78 is 0. The number of amides is 1. The second-order valence-corrected chi connectivity index (χ2v) is 4.74. The Kier molecular flexibility index (Phi) is 5.76. The van der Waals surface area contributed by atoms with Crippen LogP contribution in [-0.4, -0.2) is 31.0 Å². The standard InChI is InChI=1S/C11H23N5O/c1-8(2)7-14-10(17)5-6-13-11(16-12)15-9-3-4-9/h8-9H,3-7,12H2,1-2H3,(H,14,17)(H2,13,15,16). The third-order valence-electron chi connectivity index (χ3n) is 2.37. The average molecular weight is 241 g/mol. The molecule has 0 radical (unpaired) electrons. The highest BCUT2D eigenvalue weighted by atomic mass is 16.1. The van der Waals surface area contributed by atoms with Crippen LogP contribution in [0.15, 0.2) is 4.99 Å². The van der Waals surface area contributed by atoms with Crippen molar-refractivity contribution in [2.24, 2.45) is 16.8 Å². The van der Waals surface area contributed by atoms with Gasteiger partial charge in [0.15, 0.2) is 0 Å². The Hall–Kier alpha value is -1.30. The molecular formula is C11H23N5O. The Labute approximate surface area is 102 Å². The molecule has 0 bridgehead atoms. The lowest BCUT2D eigenvalue weighted by atomic mass is 10.2. The fourth-order valence-electron chi connectivity index (χ4n) is 1.23. The minimum atomic E-state index is 0.0326. The zero-order valence-electron chi connectivity index (χ0n) is 10.6. The Bertz CT molecular complexity index is 273. The molecule has 0 saturated heterocycles. The smallest absolute Gasteiger partial charge is 0.221 e. The molecule has 0 aromatic heterocycles. The number of nitrogens with one attached hydrogen (secondary N) is 3. The minimum Gasteiger partial charge on any atom is -0.356 e. The van der Waals surface area contributed by atoms with E-state index in [2.05, 4.69) is 34.9 Å². The van der Waals surface area contributed by atoms with Gasteiger partial charge in [0.1, 0.15) is 0 Å². The molecule has 6 nitrogen and oxygen atoms in total. The van der Waals surface area contributed by atoms with Crippen molar-refractivity contribution in [3.63, 3.8) is 0 Å². The summed E-state index contributed by atoms with van der Waals surface area (Å²) in [6.45, 7) is 5.29. The van der Waals surface area contributed by atoms with Crippen LogP contribution in [0.2, 0.25) is 0 Å². The SMILES string of the molecule is CC(C)CNC(=O)CCN=C(NN)NC1CC1. The number of carbonyl (C=O) groups excluding carboxylic acids is 1. The zero-order valence-corrected chi connectivity index (χ0v) is 10.6. The van der Waals surface area contributed by atoms with E-state index in [0.29, 0.717) is 37.4 Å². The Balaban J connectivity index is 2.14. The molecule has 1 saturated carbocycles. The number of nitrogens with two attached hydrogens (primary N) is 1. The Morgan fingerprint density at radius 2 is 2.18 bits per heavy atom. The van der Waals surface area contributed by atoms with Crippen molar-refractivity contribution < 1.29 is 4.79 Å². The van der Waals surface area contributed by atoms with Gasteiger partial charge in [0.2, 0.25) is 11.9 Å². The van der Waals surface area contributed by atoms with E-state index >= 15 is 0 Å². The quantitative estimate of drug-likeness (QED) is 0.223. The first kappa shape index (κ1) is 13.8. The number of carbonyl (C=O) groups is 1. The molecule has 1 amide bonds. The first-order valence-corrected chi connectivity index (χ1v) is 6.16. The second kappa shape index (κ2) is 7.11. The maximum Gasteiger partial charge on any atom is 0.221 e. The predicted octanol–water partition coefficient (Wildman–Crippen LogP) is -0.280. The highest BCUT2D eigenvalue weighted by molar-refractivity contribution is 5.80. The van der Waals surface area contributed by atoms with Crippen LogP contribution in [0.3, 0.4) is 0 Å². The molecule has 5 N–H and O–H groups in total. The van der Waals surface area contributed by atoms with Crippen molar-refractivity contribution in [3.05, 3.63) is 0 Å². The van der Waals surface area contributed by atoms with Crippen molar-refractivity contribution in [2.75, 3.05) is 13.1 Å². The van der Waals surface area contributed by atoms with E-state index in [1.54, 1.807) is 0 Å². The van der Waals surface area contributed by atoms with Crippen LogP contribution >= 0.6 is 0 Å². The monoisotopic (exact) mass is 241 g/mol. The fourth-order valence-corrected chi connectivity index (χ4v) is 1.23. The van der Waals surface area contributed by atoms with E-state index in [1.165, 1.54) is 0 Å². The van der Waals surface area contributed by atoms with Crippen molar-refractivity contribution in [1.82, 2.24) is 16.1 Å². The van der Waals surface area contributed by atoms with Crippen LogP contribution in [0.5, 0.6) is 0 Å². The molecule has 0 unspecified atom stereocenters. The van der Waals surface area contributed by atoms with Gasteiger partial charge in [-0.05, 0) is 18.8 Å². The number of nitrogens with zero attached hydrogens (tertiary/aromatic N) is 1. The third-order valence-corrected chi connectivity index (χ3v) is 2.37. The highest BCUT2D eigenvalue weighted by Gasteiger charge is 2.21. The van der Waals surface area contributed by atoms with Gasteiger partial charge < -0.3 is 10.6 Å². The van der Waals surface area contributed by atoms with Crippen LogP contribution in [0.4, 0.5) is 0 Å². The molecule has 6 heteroatoms. The fraction of sp³-hybridized carbons (Fsp3) is 0.818. The summed E-state index contributed by atoms with van der Waals surface area (Å²) in [6.07, 6.45) is 2.72. The number of guanidine groups is 1. The lowest BCUT2D eigenvalue weighted by Gasteiger charge is -2.08. The summed E-state index contributed by atoms with van der Waals surface area (Å²) in [5, 5.41) is 5.99.